The highest BCUT2D eigenvalue weighted by Gasteiger charge is 2.20. The Bertz CT molecular complexity index is 610. The molecule has 0 bridgehead atoms. The van der Waals surface area contributed by atoms with Gasteiger partial charge in [0.05, 0.1) is 17.9 Å². The highest BCUT2D eigenvalue weighted by molar-refractivity contribution is 8.14. The predicted octanol–water partition coefficient (Wildman–Crippen LogP) is 3.63. The van der Waals surface area contributed by atoms with Crippen molar-refractivity contribution in [3.05, 3.63) is 59.9 Å². The maximum Gasteiger partial charge on any atom is 0.164 e. The molecule has 20 heavy (non-hydrogen) atoms. The van der Waals surface area contributed by atoms with Gasteiger partial charge in [-0.3, -0.25) is 4.98 Å². The third-order valence-electron chi connectivity index (χ3n) is 3.27. The van der Waals surface area contributed by atoms with Crippen molar-refractivity contribution in [1.29, 1.82) is 0 Å². The molecule has 102 valence electrons. The normalized spacial score (nSPS) is 16.9. The number of hydrogen-bond acceptors (Lipinski definition) is 3. The first-order valence-corrected chi connectivity index (χ1v) is 7.73. The van der Waals surface area contributed by atoms with E-state index in [0.29, 0.717) is 0 Å². The van der Waals surface area contributed by atoms with Crippen LogP contribution in [0.25, 0.3) is 0 Å². The minimum Gasteiger partial charge on any atom is -0.344 e. The lowest BCUT2D eigenvalue weighted by Crippen LogP contribution is -2.24. The average Bonchev–Trinajstić information content (AvgIpc) is 2.90. The average molecular weight is 283 g/mol. The van der Waals surface area contributed by atoms with Gasteiger partial charge in [-0.15, -0.1) is 0 Å². The van der Waals surface area contributed by atoms with Crippen LogP contribution in [0.5, 0.6) is 0 Å². The van der Waals surface area contributed by atoms with Gasteiger partial charge in [0.2, 0.25) is 0 Å². The molecule has 0 radical (unpaired) electrons. The van der Waals surface area contributed by atoms with Gasteiger partial charge in [0.25, 0.3) is 0 Å². The van der Waals surface area contributed by atoms with Crippen LogP contribution >= 0.6 is 11.8 Å². The van der Waals surface area contributed by atoms with Crippen molar-refractivity contribution in [3.8, 4) is 0 Å². The van der Waals surface area contributed by atoms with Crippen LogP contribution in [0.3, 0.4) is 0 Å². The summed E-state index contributed by atoms with van der Waals surface area (Å²) in [5, 5.41) is 1.10. The van der Waals surface area contributed by atoms with Crippen molar-refractivity contribution < 1.29 is 0 Å². The fourth-order valence-corrected chi connectivity index (χ4v) is 3.16. The van der Waals surface area contributed by atoms with E-state index in [1.165, 1.54) is 5.56 Å². The SMILES string of the molecule is Cc1ccccc1N=C1SCCN1Cc1ccccn1. The second-order valence-electron chi connectivity index (χ2n) is 4.77. The zero-order valence-electron chi connectivity index (χ0n) is 11.5. The molecule has 0 aliphatic carbocycles. The molecule has 3 nitrogen and oxygen atoms in total. The smallest absolute Gasteiger partial charge is 0.164 e. The Morgan fingerprint density at radius 2 is 2.05 bits per heavy atom. The van der Waals surface area contributed by atoms with Crippen LogP contribution < -0.4 is 0 Å². The van der Waals surface area contributed by atoms with Crippen LogP contribution in [0.2, 0.25) is 0 Å². The standard InChI is InChI=1S/C16H17N3S/c1-13-6-2-3-8-15(13)18-16-19(10-11-20-16)12-14-7-4-5-9-17-14/h2-9H,10-12H2,1H3. The molecule has 0 unspecified atom stereocenters. The third kappa shape index (κ3) is 3.02. The van der Waals surface area contributed by atoms with E-state index in [1.54, 1.807) is 0 Å². The van der Waals surface area contributed by atoms with Crippen molar-refractivity contribution in [2.24, 2.45) is 4.99 Å². The lowest BCUT2D eigenvalue weighted by molar-refractivity contribution is 0.450. The first-order chi connectivity index (χ1) is 9.83. The first-order valence-electron chi connectivity index (χ1n) is 6.75. The summed E-state index contributed by atoms with van der Waals surface area (Å²) < 4.78 is 0. The van der Waals surface area contributed by atoms with Gasteiger partial charge in [0, 0.05) is 18.5 Å². The highest BCUT2D eigenvalue weighted by Crippen LogP contribution is 2.25. The largest absolute Gasteiger partial charge is 0.344 e. The fraction of sp³-hybridized carbons (Fsp3) is 0.250. The molecule has 1 aromatic heterocycles. The molecule has 1 fully saturated rings. The summed E-state index contributed by atoms with van der Waals surface area (Å²) in [5.41, 5.74) is 3.36. The summed E-state index contributed by atoms with van der Waals surface area (Å²) in [5.74, 6) is 1.09. The lowest BCUT2D eigenvalue weighted by Gasteiger charge is -2.17. The molecular weight excluding hydrogens is 266 g/mol. The van der Waals surface area contributed by atoms with Gasteiger partial charge in [-0.2, -0.15) is 0 Å². The van der Waals surface area contributed by atoms with E-state index in [1.807, 2.05) is 42.2 Å². The van der Waals surface area contributed by atoms with Gasteiger partial charge < -0.3 is 4.90 Å². The van der Waals surface area contributed by atoms with Gasteiger partial charge in [0.15, 0.2) is 5.17 Å². The number of rotatable bonds is 3. The van der Waals surface area contributed by atoms with E-state index in [9.17, 15) is 0 Å². The van der Waals surface area contributed by atoms with Gasteiger partial charge in [-0.1, -0.05) is 36.0 Å². The number of nitrogens with zero attached hydrogens (tertiary/aromatic N) is 3. The number of aliphatic imine (C=N–C) groups is 1. The number of hydrogen-bond donors (Lipinski definition) is 0. The van der Waals surface area contributed by atoms with Gasteiger partial charge >= 0.3 is 0 Å². The predicted molar refractivity (Wildman–Crippen MR) is 85.4 cm³/mol. The van der Waals surface area contributed by atoms with Gasteiger partial charge in [0.1, 0.15) is 0 Å². The summed E-state index contributed by atoms with van der Waals surface area (Å²) in [6.45, 7) is 3.96. The Labute approximate surface area is 123 Å². The number of para-hydroxylation sites is 1. The summed E-state index contributed by atoms with van der Waals surface area (Å²) in [6, 6.07) is 14.3. The van der Waals surface area contributed by atoms with Crippen LogP contribution in [0.4, 0.5) is 5.69 Å². The molecule has 0 amide bonds. The quantitative estimate of drug-likeness (QED) is 0.861. The van der Waals surface area contributed by atoms with E-state index in [4.69, 9.17) is 4.99 Å². The van der Waals surface area contributed by atoms with Crippen LogP contribution in [0.15, 0.2) is 53.7 Å². The number of benzene rings is 1. The zero-order chi connectivity index (χ0) is 13.8. The highest BCUT2D eigenvalue weighted by atomic mass is 32.2. The van der Waals surface area contributed by atoms with E-state index >= 15 is 0 Å². The molecule has 1 aromatic carbocycles. The van der Waals surface area contributed by atoms with E-state index in [0.717, 1.165) is 35.4 Å². The Morgan fingerprint density at radius 1 is 1.20 bits per heavy atom. The molecule has 3 rings (SSSR count). The molecule has 2 aromatic rings. The Balaban J connectivity index is 1.81. The molecule has 0 spiro atoms. The fourth-order valence-electron chi connectivity index (χ4n) is 2.16. The number of aromatic nitrogens is 1. The van der Waals surface area contributed by atoms with Gasteiger partial charge in [-0.25, -0.2) is 4.99 Å². The number of thioether (sulfide) groups is 1. The summed E-state index contributed by atoms with van der Waals surface area (Å²) in [7, 11) is 0. The molecule has 1 aliphatic rings. The lowest BCUT2D eigenvalue weighted by atomic mass is 10.2. The van der Waals surface area contributed by atoms with Crippen LogP contribution in [-0.4, -0.2) is 27.3 Å². The van der Waals surface area contributed by atoms with Crippen LogP contribution in [0, 0.1) is 6.92 Å². The Hall–Kier alpha value is -1.81. The maximum absolute atomic E-state index is 4.81. The van der Waals surface area contributed by atoms with Crippen LogP contribution in [-0.2, 0) is 6.54 Å². The summed E-state index contributed by atoms with van der Waals surface area (Å²) in [6.07, 6.45) is 1.84. The molecule has 1 saturated heterocycles. The summed E-state index contributed by atoms with van der Waals surface area (Å²) >= 11 is 1.82. The monoisotopic (exact) mass is 283 g/mol. The molecular formula is C16H17N3S. The number of amidine groups is 1. The van der Waals surface area contributed by atoms with Crippen LogP contribution in [0.1, 0.15) is 11.3 Å². The number of pyridine rings is 1. The number of aryl methyl sites for hydroxylation is 1. The second kappa shape index (κ2) is 6.09. The molecule has 0 N–H and O–H groups in total. The molecule has 4 heteroatoms. The van der Waals surface area contributed by atoms with Crippen molar-refractivity contribution >= 4 is 22.6 Å². The molecule has 2 heterocycles. The van der Waals surface area contributed by atoms with Crippen molar-refractivity contribution in [1.82, 2.24) is 9.88 Å². The van der Waals surface area contributed by atoms with Gasteiger partial charge in [-0.05, 0) is 30.7 Å². The topological polar surface area (TPSA) is 28.5 Å². The summed E-state index contributed by atoms with van der Waals surface area (Å²) in [4.78, 5) is 11.5. The molecule has 0 atom stereocenters. The Morgan fingerprint density at radius 3 is 2.85 bits per heavy atom. The maximum atomic E-state index is 4.81. The first kappa shape index (κ1) is 13.2. The van der Waals surface area contributed by atoms with Crippen molar-refractivity contribution in [2.45, 2.75) is 13.5 Å². The minimum atomic E-state index is 0.832. The molecule has 1 aliphatic heterocycles. The third-order valence-corrected chi connectivity index (χ3v) is 4.27. The second-order valence-corrected chi connectivity index (χ2v) is 5.83. The van der Waals surface area contributed by atoms with E-state index < -0.39 is 0 Å². The zero-order valence-corrected chi connectivity index (χ0v) is 12.3. The van der Waals surface area contributed by atoms with E-state index in [-0.39, 0.29) is 0 Å². The minimum absolute atomic E-state index is 0.832. The van der Waals surface area contributed by atoms with E-state index in [2.05, 4.69) is 35.0 Å². The Kier molecular flexibility index (Phi) is 4.02. The van der Waals surface area contributed by atoms with Crippen molar-refractivity contribution in [3.63, 3.8) is 0 Å². The van der Waals surface area contributed by atoms with Crippen molar-refractivity contribution in [2.75, 3.05) is 12.3 Å². The molecule has 0 saturated carbocycles.